The molecule has 1 aromatic rings. The summed E-state index contributed by atoms with van der Waals surface area (Å²) in [5, 5.41) is 0. The fourth-order valence-electron chi connectivity index (χ4n) is 8.27. The maximum atomic E-state index is 12.3. The zero-order chi connectivity index (χ0) is 26.0. The van der Waals surface area contributed by atoms with Crippen molar-refractivity contribution in [3.63, 3.8) is 0 Å². The van der Waals surface area contributed by atoms with Gasteiger partial charge in [0.1, 0.15) is 0 Å². The van der Waals surface area contributed by atoms with Crippen molar-refractivity contribution < 1.29 is 9.63 Å². The van der Waals surface area contributed by atoms with Crippen molar-refractivity contribution in [2.24, 2.45) is 34.5 Å². The van der Waals surface area contributed by atoms with Crippen LogP contribution in [0, 0.1) is 34.5 Å². The summed E-state index contributed by atoms with van der Waals surface area (Å²) in [6.45, 7) is 6.58. The number of carbonyl (C=O) groups excluding carboxylic acids is 1. The number of pyridine rings is 1. The molecular weight excluding hydrogens is 505 g/mol. The fraction of sp³-hybridized carbons (Fsp3) is 0.667. The van der Waals surface area contributed by atoms with E-state index < -0.39 is 6.09 Å². The first-order valence-electron chi connectivity index (χ1n) is 14.0. The second-order valence-electron chi connectivity index (χ2n) is 12.0. The van der Waals surface area contributed by atoms with E-state index in [-0.39, 0.29) is 5.41 Å². The topological polar surface area (TPSA) is 54.5 Å². The number of hydrogen-bond acceptors (Lipinski definition) is 4. The number of fused-ring (bicyclic) bond motifs is 5. The summed E-state index contributed by atoms with van der Waals surface area (Å²) < 4.78 is 0. The standard InChI is InChI=1S/C30H41Cl2N3O2/c1-29-11-9-21(19-34-37-28(36)35(16-13-31)17-14-32)18-23(29)5-6-24-26-8-7-25(22-4-3-15-33-20-22)30(26,2)12-10-27(24)29/h3-4,7,15,18,20-21,24,26-27,34H,5-6,8-14,16-17,19H2,1-2H3/t21?,24-,26+,27+,29+,30-/m1/s1. The molecule has 0 radical (unpaired) electrons. The van der Waals surface area contributed by atoms with Crippen molar-refractivity contribution in [2.45, 2.75) is 58.8 Å². The van der Waals surface area contributed by atoms with Gasteiger partial charge in [-0.25, -0.2) is 4.79 Å². The Morgan fingerprint density at radius 2 is 1.92 bits per heavy atom. The van der Waals surface area contributed by atoms with Crippen LogP contribution in [0.25, 0.3) is 5.57 Å². The Morgan fingerprint density at radius 3 is 2.65 bits per heavy atom. The normalized spacial score (nSPS) is 34.5. The van der Waals surface area contributed by atoms with E-state index in [1.165, 1.54) is 49.7 Å². The van der Waals surface area contributed by atoms with E-state index in [0.29, 0.717) is 42.7 Å². The smallest absolute Gasteiger partial charge is 0.354 e. The summed E-state index contributed by atoms with van der Waals surface area (Å²) in [6, 6.07) is 4.31. The number of allylic oxidation sites excluding steroid dienone is 3. The molecule has 0 spiro atoms. The van der Waals surface area contributed by atoms with Gasteiger partial charge in [0, 0.05) is 43.8 Å². The molecule has 2 saturated carbocycles. The molecule has 0 bridgehead atoms. The molecule has 7 heteroatoms. The van der Waals surface area contributed by atoms with Gasteiger partial charge in [0.25, 0.3) is 0 Å². The minimum Gasteiger partial charge on any atom is -0.354 e. The van der Waals surface area contributed by atoms with E-state index in [9.17, 15) is 4.79 Å². The average molecular weight is 547 g/mol. The monoisotopic (exact) mass is 545 g/mol. The van der Waals surface area contributed by atoms with Crippen molar-refractivity contribution in [2.75, 3.05) is 31.4 Å². The molecule has 0 saturated heterocycles. The molecule has 5 nitrogen and oxygen atoms in total. The Balaban J connectivity index is 1.22. The Kier molecular flexibility index (Phi) is 8.24. The molecule has 1 amide bonds. The van der Waals surface area contributed by atoms with Crippen LogP contribution in [0.5, 0.6) is 0 Å². The molecule has 1 aromatic heterocycles. The Hall–Kier alpha value is -1.56. The van der Waals surface area contributed by atoms with Gasteiger partial charge in [-0.2, -0.15) is 5.48 Å². The highest BCUT2D eigenvalue weighted by Gasteiger charge is 2.57. The molecular formula is C30H41Cl2N3O2. The van der Waals surface area contributed by atoms with E-state index in [0.717, 1.165) is 24.2 Å². The minimum atomic E-state index is -0.406. The van der Waals surface area contributed by atoms with Gasteiger partial charge in [-0.15, -0.1) is 23.2 Å². The third-order valence-corrected chi connectivity index (χ3v) is 10.6. The second-order valence-corrected chi connectivity index (χ2v) is 12.7. The van der Waals surface area contributed by atoms with E-state index in [1.807, 2.05) is 6.20 Å². The van der Waals surface area contributed by atoms with Gasteiger partial charge in [0.15, 0.2) is 0 Å². The van der Waals surface area contributed by atoms with E-state index in [4.69, 9.17) is 28.0 Å². The molecule has 0 aromatic carbocycles. The number of amides is 1. The molecule has 1 heterocycles. The number of nitrogens with one attached hydrogen (secondary N) is 1. The molecule has 5 rings (SSSR count). The molecule has 6 atom stereocenters. The van der Waals surface area contributed by atoms with Crippen LogP contribution in [0.3, 0.4) is 0 Å². The number of hydrogen-bond donors (Lipinski definition) is 1. The van der Waals surface area contributed by atoms with E-state index >= 15 is 0 Å². The predicted octanol–water partition coefficient (Wildman–Crippen LogP) is 7.07. The number of alkyl halides is 2. The molecule has 0 aliphatic heterocycles. The second kappa shape index (κ2) is 11.3. The number of halogens is 2. The third-order valence-electron chi connectivity index (χ3n) is 10.2. The van der Waals surface area contributed by atoms with Crippen LogP contribution in [0.15, 0.2) is 42.3 Å². The largest absolute Gasteiger partial charge is 0.428 e. The van der Waals surface area contributed by atoms with Gasteiger partial charge in [-0.1, -0.05) is 37.6 Å². The summed E-state index contributed by atoms with van der Waals surface area (Å²) in [4.78, 5) is 23.6. The zero-order valence-electron chi connectivity index (χ0n) is 22.2. The Bertz CT molecular complexity index is 1020. The van der Waals surface area contributed by atoms with Gasteiger partial charge in [-0.3, -0.25) is 4.98 Å². The number of nitrogens with zero attached hydrogens (tertiary/aromatic N) is 2. The number of aromatic nitrogens is 1. The van der Waals surface area contributed by atoms with Crippen molar-refractivity contribution in [1.29, 1.82) is 0 Å². The lowest BCUT2D eigenvalue weighted by atomic mass is 9.46. The minimum absolute atomic E-state index is 0.271. The van der Waals surface area contributed by atoms with Crippen molar-refractivity contribution >= 4 is 34.9 Å². The van der Waals surface area contributed by atoms with E-state index in [2.05, 4.69) is 54.8 Å². The lowest BCUT2D eigenvalue weighted by Crippen LogP contribution is -2.50. The van der Waals surface area contributed by atoms with Gasteiger partial charge in [0.2, 0.25) is 0 Å². The molecule has 2 fully saturated rings. The third kappa shape index (κ3) is 5.08. The quantitative estimate of drug-likeness (QED) is 0.215. The highest BCUT2D eigenvalue weighted by atomic mass is 35.5. The average Bonchev–Trinajstić information content (AvgIpc) is 3.26. The highest BCUT2D eigenvalue weighted by Crippen LogP contribution is 2.66. The first-order chi connectivity index (χ1) is 17.9. The van der Waals surface area contributed by atoms with Gasteiger partial charge >= 0.3 is 6.09 Å². The zero-order valence-corrected chi connectivity index (χ0v) is 23.7. The van der Waals surface area contributed by atoms with Crippen molar-refractivity contribution in [3.8, 4) is 0 Å². The van der Waals surface area contributed by atoms with Crippen LogP contribution in [0.4, 0.5) is 4.79 Å². The summed E-state index contributed by atoms with van der Waals surface area (Å²) >= 11 is 11.6. The van der Waals surface area contributed by atoms with Crippen LogP contribution < -0.4 is 5.48 Å². The van der Waals surface area contributed by atoms with Gasteiger partial charge in [0.05, 0.1) is 0 Å². The lowest BCUT2D eigenvalue weighted by Gasteiger charge is -2.58. The summed E-state index contributed by atoms with van der Waals surface area (Å²) in [5.41, 5.74) is 8.00. The summed E-state index contributed by atoms with van der Waals surface area (Å²) in [7, 11) is 0. The first kappa shape index (κ1) is 27.0. The van der Waals surface area contributed by atoms with Crippen LogP contribution in [-0.4, -0.2) is 47.4 Å². The highest BCUT2D eigenvalue weighted by molar-refractivity contribution is 6.18. The van der Waals surface area contributed by atoms with Crippen LogP contribution in [-0.2, 0) is 4.84 Å². The molecule has 202 valence electrons. The predicted molar refractivity (Wildman–Crippen MR) is 150 cm³/mol. The van der Waals surface area contributed by atoms with Crippen LogP contribution in [0.2, 0.25) is 0 Å². The summed E-state index contributed by atoms with van der Waals surface area (Å²) in [6.07, 6.45) is 17.2. The molecule has 1 unspecified atom stereocenters. The van der Waals surface area contributed by atoms with Crippen LogP contribution >= 0.6 is 23.2 Å². The lowest BCUT2D eigenvalue weighted by molar-refractivity contribution is -0.0253. The Labute approximate surface area is 232 Å². The number of carbonyl (C=O) groups is 1. The molecule has 1 N–H and O–H groups in total. The molecule has 4 aliphatic rings. The van der Waals surface area contributed by atoms with Gasteiger partial charge < -0.3 is 9.74 Å². The van der Waals surface area contributed by atoms with Crippen molar-refractivity contribution in [1.82, 2.24) is 15.4 Å². The maximum Gasteiger partial charge on any atom is 0.428 e. The number of rotatable bonds is 8. The Morgan fingerprint density at radius 1 is 1.14 bits per heavy atom. The van der Waals surface area contributed by atoms with Crippen LogP contribution in [0.1, 0.15) is 64.4 Å². The first-order valence-corrected chi connectivity index (χ1v) is 15.1. The van der Waals surface area contributed by atoms with E-state index in [1.54, 1.807) is 10.5 Å². The van der Waals surface area contributed by atoms with Gasteiger partial charge in [-0.05, 0) is 96.7 Å². The maximum absolute atomic E-state index is 12.3. The number of hydroxylamine groups is 1. The van der Waals surface area contributed by atoms with Crippen molar-refractivity contribution in [3.05, 3.63) is 47.8 Å². The summed E-state index contributed by atoms with van der Waals surface area (Å²) in [5.74, 6) is 3.41. The molecule has 4 aliphatic carbocycles. The fourth-order valence-corrected chi connectivity index (χ4v) is 8.68. The SMILES string of the molecule is C[C@]12CCC(CNOC(=O)N(CCCl)CCCl)C=C1CC[C@H]1[C@@H]2CC[C@]2(C)C(c3cccnc3)=CC[C@@H]12. The molecule has 37 heavy (non-hydrogen) atoms.